The highest BCUT2D eigenvalue weighted by molar-refractivity contribution is 6.06. The normalized spacial score (nSPS) is 23.3. The number of nitrogens with one attached hydrogen (secondary N) is 3. The number of amidine groups is 1. The number of carbonyl (C=O) groups is 1. The van der Waals surface area contributed by atoms with Crippen LogP contribution in [-0.4, -0.2) is 65.0 Å². The quantitative estimate of drug-likeness (QED) is 0.309. The molecule has 1 amide bonds. The summed E-state index contributed by atoms with van der Waals surface area (Å²) in [7, 11) is 1.71. The predicted octanol–water partition coefficient (Wildman–Crippen LogP) is 0.701. The number of hydrazone groups is 1. The summed E-state index contributed by atoms with van der Waals surface area (Å²) in [6.07, 6.45) is 6.75. The Morgan fingerprint density at radius 3 is 2.76 bits per heavy atom. The topological polar surface area (TPSA) is 133 Å². The van der Waals surface area contributed by atoms with Gasteiger partial charge >= 0.3 is 0 Å². The lowest BCUT2D eigenvalue weighted by molar-refractivity contribution is -0.120. The largest absolute Gasteiger partial charge is 0.391 e. The van der Waals surface area contributed by atoms with Crippen LogP contribution in [0.5, 0.6) is 0 Å². The van der Waals surface area contributed by atoms with Gasteiger partial charge in [0.2, 0.25) is 0 Å². The molecule has 2 aliphatic carbocycles. The van der Waals surface area contributed by atoms with E-state index in [0.717, 1.165) is 19.3 Å². The first kappa shape index (κ1) is 23.7. The number of aliphatic hydroxyl groups excluding tert-OH is 1. The van der Waals surface area contributed by atoms with Crippen molar-refractivity contribution < 1.29 is 14.6 Å². The number of amides is 1. The zero-order valence-electron chi connectivity index (χ0n) is 19.5. The molecule has 3 aliphatic rings. The van der Waals surface area contributed by atoms with Crippen molar-refractivity contribution in [1.29, 1.82) is 0 Å². The van der Waals surface area contributed by atoms with Crippen LogP contribution in [0.2, 0.25) is 0 Å². The van der Waals surface area contributed by atoms with Crippen LogP contribution in [0.15, 0.2) is 56.5 Å². The maximum absolute atomic E-state index is 12.9. The summed E-state index contributed by atoms with van der Waals surface area (Å²) in [5.41, 5.74) is 0.444. The van der Waals surface area contributed by atoms with Crippen LogP contribution in [0.4, 0.5) is 5.69 Å². The molecule has 2 saturated carbocycles. The van der Waals surface area contributed by atoms with E-state index in [1.54, 1.807) is 42.9 Å². The second kappa shape index (κ2) is 10.2. The first-order valence-corrected chi connectivity index (χ1v) is 11.4. The second-order valence-electron chi connectivity index (χ2n) is 8.52. The van der Waals surface area contributed by atoms with Crippen LogP contribution in [0.3, 0.4) is 0 Å². The standard InChI is InChI=1S/C23H31N7O4/c1-14(22(32)27-16-8-9-18(16)31)21-28-19(13-20(24-2)30(21)25-3)26-17-5-4-10-29(23(17)33)11-12-34-15-6-7-15/h4-5,10,13,15-16,18,24,31H,3,6-9,11-12H2,1-2H3,(H,26,28)(H,27,32)/b21-14+/t16-,18?/m1/s1. The average molecular weight is 470 g/mol. The van der Waals surface area contributed by atoms with Gasteiger partial charge in [-0.05, 0) is 44.7 Å². The molecule has 1 aromatic heterocycles. The summed E-state index contributed by atoms with van der Waals surface area (Å²) < 4.78 is 7.25. The van der Waals surface area contributed by atoms with E-state index in [1.165, 1.54) is 5.01 Å². The number of pyridine rings is 1. The number of aliphatic imine (C=N–C) groups is 1. The highest BCUT2D eigenvalue weighted by atomic mass is 16.5. The molecule has 2 fully saturated rings. The van der Waals surface area contributed by atoms with Crippen molar-refractivity contribution in [2.75, 3.05) is 19.0 Å². The Labute approximate surface area is 197 Å². The number of ether oxygens (including phenoxy) is 1. The minimum atomic E-state index is -0.537. The molecule has 1 aliphatic heterocycles. The van der Waals surface area contributed by atoms with Crippen molar-refractivity contribution in [1.82, 2.24) is 20.2 Å². The van der Waals surface area contributed by atoms with Crippen LogP contribution < -0.4 is 21.5 Å². The SMILES string of the molecule is C=NN1C(NC)=CC(Nc2cccn(CCOC3CC3)c2=O)=N/C1=C(/C)C(=O)N[C@@H]1CCC1O. The second-order valence-corrected chi connectivity index (χ2v) is 8.52. The third-order valence-corrected chi connectivity index (χ3v) is 6.05. The Hall–Kier alpha value is -3.44. The molecule has 4 N–H and O–H groups in total. The molecule has 182 valence electrons. The lowest BCUT2D eigenvalue weighted by Crippen LogP contribution is -2.50. The Kier molecular flexibility index (Phi) is 7.13. The summed E-state index contributed by atoms with van der Waals surface area (Å²) in [6, 6.07) is 3.18. The first-order chi connectivity index (χ1) is 16.4. The molecule has 0 spiro atoms. The molecule has 2 atom stereocenters. The predicted molar refractivity (Wildman–Crippen MR) is 129 cm³/mol. The lowest BCUT2D eigenvalue weighted by Gasteiger charge is -2.33. The van der Waals surface area contributed by atoms with E-state index in [9.17, 15) is 14.7 Å². The minimum Gasteiger partial charge on any atom is -0.391 e. The summed E-state index contributed by atoms with van der Waals surface area (Å²) in [5.74, 6) is 0.780. The van der Waals surface area contributed by atoms with Gasteiger partial charge < -0.3 is 30.4 Å². The van der Waals surface area contributed by atoms with E-state index < -0.39 is 6.10 Å². The van der Waals surface area contributed by atoms with E-state index >= 15 is 0 Å². The zero-order chi connectivity index (χ0) is 24.2. The van der Waals surface area contributed by atoms with Crippen molar-refractivity contribution in [2.45, 2.75) is 57.4 Å². The van der Waals surface area contributed by atoms with E-state index in [-0.39, 0.29) is 23.3 Å². The monoisotopic (exact) mass is 469 g/mol. The maximum Gasteiger partial charge on any atom is 0.274 e. The van der Waals surface area contributed by atoms with E-state index in [1.807, 2.05) is 0 Å². The Bertz CT molecular complexity index is 1100. The summed E-state index contributed by atoms with van der Waals surface area (Å²) in [4.78, 5) is 30.3. The zero-order valence-corrected chi connectivity index (χ0v) is 19.5. The molecular formula is C23H31N7O4. The fourth-order valence-electron chi connectivity index (χ4n) is 3.65. The molecule has 0 saturated heterocycles. The number of anilines is 1. The van der Waals surface area contributed by atoms with Gasteiger partial charge in [-0.15, -0.1) is 0 Å². The number of aliphatic hydroxyl groups is 1. The fourth-order valence-corrected chi connectivity index (χ4v) is 3.65. The molecule has 1 unspecified atom stereocenters. The molecule has 4 rings (SSSR count). The molecule has 11 nitrogen and oxygen atoms in total. The summed E-state index contributed by atoms with van der Waals surface area (Å²) in [5, 5.41) is 24.1. The molecule has 2 heterocycles. The number of nitrogens with zero attached hydrogens (tertiary/aromatic N) is 4. The van der Waals surface area contributed by atoms with Crippen LogP contribution in [0.25, 0.3) is 0 Å². The Morgan fingerprint density at radius 1 is 1.35 bits per heavy atom. The van der Waals surface area contributed by atoms with Gasteiger partial charge in [0.05, 0.1) is 30.4 Å². The Balaban J connectivity index is 1.57. The lowest BCUT2D eigenvalue weighted by atomic mass is 9.89. The molecule has 0 radical (unpaired) electrons. The fraction of sp³-hybridized carbons (Fsp3) is 0.478. The molecule has 11 heteroatoms. The van der Waals surface area contributed by atoms with Gasteiger partial charge in [-0.3, -0.25) is 9.59 Å². The maximum atomic E-state index is 12.9. The van der Waals surface area contributed by atoms with Gasteiger partial charge in [-0.2, -0.15) is 10.1 Å². The van der Waals surface area contributed by atoms with E-state index in [0.29, 0.717) is 48.6 Å². The van der Waals surface area contributed by atoms with Gasteiger partial charge in [0.15, 0.2) is 5.82 Å². The Morgan fingerprint density at radius 2 is 2.15 bits per heavy atom. The summed E-state index contributed by atoms with van der Waals surface area (Å²) >= 11 is 0. The molecule has 0 aromatic carbocycles. The van der Waals surface area contributed by atoms with Crippen molar-refractivity contribution >= 4 is 24.1 Å². The van der Waals surface area contributed by atoms with Crippen molar-refractivity contribution in [2.24, 2.45) is 10.1 Å². The van der Waals surface area contributed by atoms with Crippen molar-refractivity contribution in [3.63, 3.8) is 0 Å². The van der Waals surface area contributed by atoms with Crippen LogP contribution in [0.1, 0.15) is 32.6 Å². The number of rotatable bonds is 9. The molecule has 0 bridgehead atoms. The molecule has 1 aromatic rings. The van der Waals surface area contributed by atoms with Gasteiger partial charge in [0.1, 0.15) is 17.3 Å². The van der Waals surface area contributed by atoms with Gasteiger partial charge in [0, 0.05) is 32.6 Å². The third kappa shape index (κ3) is 5.20. The van der Waals surface area contributed by atoms with Gasteiger partial charge in [-0.1, -0.05) is 0 Å². The summed E-state index contributed by atoms with van der Waals surface area (Å²) in [6.45, 7) is 6.16. The van der Waals surface area contributed by atoms with Crippen LogP contribution in [0, 0.1) is 0 Å². The number of aromatic nitrogens is 1. The number of hydrogen-bond donors (Lipinski definition) is 4. The number of carbonyl (C=O) groups excluding carboxylic acids is 1. The minimum absolute atomic E-state index is 0.202. The van der Waals surface area contributed by atoms with Gasteiger partial charge in [-0.25, -0.2) is 4.99 Å². The van der Waals surface area contributed by atoms with E-state index in [2.05, 4.69) is 32.8 Å². The van der Waals surface area contributed by atoms with Gasteiger partial charge in [0.25, 0.3) is 11.5 Å². The smallest absolute Gasteiger partial charge is 0.274 e. The third-order valence-electron chi connectivity index (χ3n) is 6.05. The van der Waals surface area contributed by atoms with E-state index in [4.69, 9.17) is 4.74 Å². The van der Waals surface area contributed by atoms with Crippen molar-refractivity contribution in [3.05, 3.63) is 52.0 Å². The average Bonchev–Trinajstić information content (AvgIpc) is 3.67. The van der Waals surface area contributed by atoms with Crippen LogP contribution in [-0.2, 0) is 16.1 Å². The highest BCUT2D eigenvalue weighted by Crippen LogP contribution is 2.25. The number of hydrogen-bond acceptors (Lipinski definition) is 9. The van der Waals surface area contributed by atoms with Crippen LogP contribution >= 0.6 is 0 Å². The van der Waals surface area contributed by atoms with Crippen molar-refractivity contribution in [3.8, 4) is 0 Å². The molecule has 34 heavy (non-hydrogen) atoms. The first-order valence-electron chi connectivity index (χ1n) is 11.4. The molecular weight excluding hydrogens is 438 g/mol. The highest BCUT2D eigenvalue weighted by Gasteiger charge is 2.32.